The minimum atomic E-state index is -0.00301. The molecule has 2 aliphatic heterocycles. The van der Waals surface area contributed by atoms with Crippen molar-refractivity contribution in [1.82, 2.24) is 10.2 Å². The van der Waals surface area contributed by atoms with Crippen LogP contribution in [-0.2, 0) is 11.3 Å². The van der Waals surface area contributed by atoms with Crippen molar-refractivity contribution in [3.05, 3.63) is 15.5 Å². The largest absolute Gasteiger partial charge is 0.328 e. The van der Waals surface area contributed by atoms with Crippen LogP contribution in [0.25, 0.3) is 0 Å². The van der Waals surface area contributed by atoms with E-state index >= 15 is 0 Å². The second kappa shape index (κ2) is 3.91. The zero-order chi connectivity index (χ0) is 10.6. The lowest BCUT2D eigenvalue weighted by molar-refractivity contribution is -0.118. The fraction of sp³-hybridized carbons (Fsp3) is 0.333. The van der Waals surface area contributed by atoms with E-state index in [-0.39, 0.29) is 18.3 Å². The van der Waals surface area contributed by atoms with Crippen LogP contribution in [0.1, 0.15) is 10.4 Å². The Morgan fingerprint density at radius 1 is 1.50 bits per heavy atom. The number of halogens is 2. The molecule has 86 valence electrons. The highest BCUT2D eigenvalue weighted by Gasteiger charge is 2.31. The van der Waals surface area contributed by atoms with Crippen LogP contribution in [0.5, 0.6) is 0 Å². The number of carbonyl (C=O) groups excluding carboxylic acids is 1. The number of nitrogens with zero attached hydrogens (tertiary/aromatic N) is 2. The lowest BCUT2D eigenvalue weighted by atomic mass is 10.2. The molecule has 1 N–H and O–H groups in total. The van der Waals surface area contributed by atoms with E-state index in [2.05, 4.69) is 10.3 Å². The van der Waals surface area contributed by atoms with E-state index in [4.69, 9.17) is 11.6 Å². The van der Waals surface area contributed by atoms with Crippen LogP contribution in [0, 0.1) is 6.92 Å². The van der Waals surface area contributed by atoms with Gasteiger partial charge in [-0.2, -0.15) is 0 Å². The Morgan fingerprint density at radius 2 is 2.25 bits per heavy atom. The molecule has 0 aromatic carbocycles. The molecule has 3 rings (SSSR count). The minimum absolute atomic E-state index is 0. The van der Waals surface area contributed by atoms with Crippen molar-refractivity contribution in [1.29, 1.82) is 0 Å². The fourth-order valence-electron chi connectivity index (χ4n) is 1.79. The van der Waals surface area contributed by atoms with Crippen LogP contribution in [0.3, 0.4) is 0 Å². The molecule has 0 aliphatic carbocycles. The molecule has 0 unspecified atom stereocenters. The molecule has 1 saturated heterocycles. The molecule has 0 saturated carbocycles. The number of thiophene rings is 1. The molecular weight excluding hydrogens is 269 g/mol. The van der Waals surface area contributed by atoms with Crippen molar-refractivity contribution >= 4 is 52.2 Å². The third kappa shape index (κ3) is 1.59. The molecule has 7 heteroatoms. The molecule has 4 nitrogen and oxygen atoms in total. The average molecular weight is 278 g/mol. The molecule has 3 heterocycles. The maximum Gasteiger partial charge on any atom is 0.246 e. The number of amides is 1. The van der Waals surface area contributed by atoms with E-state index in [1.54, 1.807) is 11.3 Å². The van der Waals surface area contributed by atoms with Gasteiger partial charge in [0.2, 0.25) is 11.9 Å². The van der Waals surface area contributed by atoms with E-state index in [9.17, 15) is 4.79 Å². The molecule has 0 radical (unpaired) electrons. The zero-order valence-corrected chi connectivity index (χ0v) is 10.8. The van der Waals surface area contributed by atoms with Gasteiger partial charge < -0.3 is 4.90 Å². The second-order valence-corrected chi connectivity index (χ2v) is 5.18. The van der Waals surface area contributed by atoms with Gasteiger partial charge in [-0.15, -0.1) is 23.7 Å². The van der Waals surface area contributed by atoms with Gasteiger partial charge in [-0.1, -0.05) is 11.6 Å². The number of hydrogen-bond acceptors (Lipinski definition) is 4. The van der Waals surface area contributed by atoms with Crippen molar-refractivity contribution in [2.24, 2.45) is 4.99 Å². The molecular formula is C9H9Cl2N3OS. The number of carbonyl (C=O) groups is 1. The van der Waals surface area contributed by atoms with Gasteiger partial charge in [-0.05, 0) is 6.92 Å². The number of fused-ring (bicyclic) bond motifs is 2. The molecule has 2 aliphatic rings. The summed E-state index contributed by atoms with van der Waals surface area (Å²) in [7, 11) is 0. The summed E-state index contributed by atoms with van der Waals surface area (Å²) in [6, 6.07) is 0. The number of aryl methyl sites for hydroxylation is 1. The normalized spacial score (nSPS) is 17.2. The highest BCUT2D eigenvalue weighted by Crippen LogP contribution is 2.41. The van der Waals surface area contributed by atoms with Gasteiger partial charge in [-0.25, -0.2) is 4.99 Å². The summed E-state index contributed by atoms with van der Waals surface area (Å²) in [5.41, 5.74) is 1.04. The Bertz CT molecular complexity index is 497. The van der Waals surface area contributed by atoms with Gasteiger partial charge in [0.25, 0.3) is 0 Å². The summed E-state index contributed by atoms with van der Waals surface area (Å²) >= 11 is 7.73. The molecule has 0 bridgehead atoms. The van der Waals surface area contributed by atoms with Crippen LogP contribution >= 0.6 is 35.3 Å². The average Bonchev–Trinajstić information content (AvgIpc) is 2.65. The molecule has 1 fully saturated rings. The highest BCUT2D eigenvalue weighted by molar-refractivity contribution is 7.16. The number of nitrogens with one attached hydrogen (secondary N) is 1. The molecule has 16 heavy (non-hydrogen) atoms. The Kier molecular flexibility index (Phi) is 2.86. The van der Waals surface area contributed by atoms with Gasteiger partial charge in [0, 0.05) is 10.4 Å². The van der Waals surface area contributed by atoms with Crippen LogP contribution in [0.4, 0.5) is 5.00 Å². The van der Waals surface area contributed by atoms with Crippen molar-refractivity contribution in [2.75, 3.05) is 6.54 Å². The van der Waals surface area contributed by atoms with E-state index in [1.165, 1.54) is 0 Å². The van der Waals surface area contributed by atoms with Crippen molar-refractivity contribution in [3.63, 3.8) is 0 Å². The highest BCUT2D eigenvalue weighted by atomic mass is 35.5. The van der Waals surface area contributed by atoms with Gasteiger partial charge in [0.1, 0.15) is 11.5 Å². The van der Waals surface area contributed by atoms with E-state index < -0.39 is 0 Å². The van der Waals surface area contributed by atoms with Crippen molar-refractivity contribution in [3.8, 4) is 0 Å². The smallest absolute Gasteiger partial charge is 0.246 e. The van der Waals surface area contributed by atoms with Gasteiger partial charge in [0.05, 0.1) is 11.6 Å². The van der Waals surface area contributed by atoms with Gasteiger partial charge in [0.15, 0.2) is 0 Å². The number of aliphatic imine (C=N–C) groups is 1. The molecule has 1 aromatic heterocycles. The van der Waals surface area contributed by atoms with Crippen molar-refractivity contribution < 1.29 is 4.79 Å². The first-order valence-electron chi connectivity index (χ1n) is 4.56. The minimum Gasteiger partial charge on any atom is -0.328 e. The predicted molar refractivity (Wildman–Crippen MR) is 67.0 cm³/mol. The van der Waals surface area contributed by atoms with Crippen LogP contribution in [0.2, 0.25) is 5.02 Å². The number of guanidine groups is 1. The number of hydrogen-bond donors (Lipinski definition) is 1. The van der Waals surface area contributed by atoms with E-state index in [0.717, 1.165) is 20.5 Å². The summed E-state index contributed by atoms with van der Waals surface area (Å²) in [4.78, 5) is 18.5. The second-order valence-electron chi connectivity index (χ2n) is 3.60. The molecule has 0 spiro atoms. The van der Waals surface area contributed by atoms with Crippen LogP contribution in [0.15, 0.2) is 4.99 Å². The van der Waals surface area contributed by atoms with Crippen LogP contribution < -0.4 is 5.32 Å². The maximum absolute atomic E-state index is 11.2. The van der Waals surface area contributed by atoms with Gasteiger partial charge in [-0.3, -0.25) is 10.1 Å². The van der Waals surface area contributed by atoms with Crippen LogP contribution in [-0.4, -0.2) is 23.3 Å². The lowest BCUT2D eigenvalue weighted by Gasteiger charge is -2.20. The Morgan fingerprint density at radius 3 is 3.00 bits per heavy atom. The summed E-state index contributed by atoms with van der Waals surface area (Å²) in [6.07, 6.45) is 0. The summed E-state index contributed by atoms with van der Waals surface area (Å²) in [6.45, 7) is 3.04. The standard InChI is InChI=1S/C9H8ClN3OS.ClH/c1-4-7(10)5-2-13-3-6(14)11-9(13)12-8(5)15-4;/h2-3H2,1H3,(H,11,12,14);1H. The Balaban J connectivity index is 0.000000963. The zero-order valence-electron chi connectivity index (χ0n) is 8.41. The van der Waals surface area contributed by atoms with Crippen molar-refractivity contribution in [2.45, 2.75) is 13.5 Å². The third-order valence-corrected chi connectivity index (χ3v) is 4.19. The first kappa shape index (κ1) is 11.7. The SMILES string of the molecule is Cc1sc2c(c1Cl)CN1CC(=O)NC1=N2.Cl. The molecule has 1 amide bonds. The maximum atomic E-state index is 11.2. The number of rotatable bonds is 0. The topological polar surface area (TPSA) is 44.7 Å². The molecule has 1 aromatic rings. The Hall–Kier alpha value is -0.780. The summed E-state index contributed by atoms with van der Waals surface area (Å²) < 4.78 is 0. The van der Waals surface area contributed by atoms with E-state index in [0.29, 0.717) is 19.0 Å². The summed E-state index contributed by atoms with van der Waals surface area (Å²) in [5, 5.41) is 4.44. The summed E-state index contributed by atoms with van der Waals surface area (Å²) in [5.74, 6) is 0.655. The van der Waals surface area contributed by atoms with Gasteiger partial charge >= 0.3 is 0 Å². The molecule has 0 atom stereocenters. The first-order chi connectivity index (χ1) is 7.15. The Labute approximate surface area is 108 Å². The quantitative estimate of drug-likeness (QED) is 0.789. The lowest BCUT2D eigenvalue weighted by Crippen LogP contribution is -2.31. The van der Waals surface area contributed by atoms with E-state index in [1.807, 2.05) is 11.8 Å². The first-order valence-corrected chi connectivity index (χ1v) is 5.76. The third-order valence-electron chi connectivity index (χ3n) is 2.52. The predicted octanol–water partition coefficient (Wildman–Crippen LogP) is 2.06. The monoisotopic (exact) mass is 277 g/mol. The fourth-order valence-corrected chi connectivity index (χ4v) is 3.04.